The Hall–Kier alpha value is -0.580. The number of aliphatic hydroxyl groups is 1. The third-order valence-corrected chi connectivity index (χ3v) is 3.43. The first kappa shape index (κ1) is 12.5. The number of methoxy groups -OCH3 is 1. The average molecular weight is 274 g/mol. The summed E-state index contributed by atoms with van der Waals surface area (Å²) in [5, 5.41) is 9.74. The van der Waals surface area contributed by atoms with Crippen LogP contribution in [0.4, 0.5) is 0 Å². The number of benzene rings is 1. The number of hydrogen-bond donors (Lipinski definition) is 2. The van der Waals surface area contributed by atoms with Gasteiger partial charge in [-0.25, -0.2) is 0 Å². The Morgan fingerprint density at radius 1 is 1.53 bits per heavy atom. The molecule has 3 N–H and O–H groups in total. The SMILES string of the molecule is COc1c(C)cc(C(O)CN)c(C)c1Br. The Morgan fingerprint density at radius 3 is 2.60 bits per heavy atom. The van der Waals surface area contributed by atoms with Gasteiger partial charge < -0.3 is 15.6 Å². The van der Waals surface area contributed by atoms with Gasteiger partial charge in [0.15, 0.2) is 0 Å². The van der Waals surface area contributed by atoms with E-state index in [1.807, 2.05) is 19.9 Å². The lowest BCUT2D eigenvalue weighted by molar-refractivity contribution is 0.185. The number of ether oxygens (including phenoxy) is 1. The molecule has 0 aromatic heterocycles. The van der Waals surface area contributed by atoms with Crippen molar-refractivity contribution in [2.75, 3.05) is 13.7 Å². The topological polar surface area (TPSA) is 55.5 Å². The van der Waals surface area contributed by atoms with Crippen LogP contribution in [0.3, 0.4) is 0 Å². The number of aryl methyl sites for hydroxylation is 1. The van der Waals surface area contributed by atoms with E-state index in [-0.39, 0.29) is 6.54 Å². The van der Waals surface area contributed by atoms with Crippen molar-refractivity contribution in [1.82, 2.24) is 0 Å². The third kappa shape index (κ3) is 2.33. The molecular weight excluding hydrogens is 258 g/mol. The Balaban J connectivity index is 3.33. The Morgan fingerprint density at radius 2 is 2.13 bits per heavy atom. The van der Waals surface area contributed by atoms with Crippen LogP contribution in [-0.2, 0) is 0 Å². The highest BCUT2D eigenvalue weighted by atomic mass is 79.9. The van der Waals surface area contributed by atoms with Crippen molar-refractivity contribution in [2.45, 2.75) is 20.0 Å². The second-order valence-electron chi connectivity index (χ2n) is 3.51. The maximum Gasteiger partial charge on any atom is 0.136 e. The quantitative estimate of drug-likeness (QED) is 0.887. The van der Waals surface area contributed by atoms with Gasteiger partial charge in [-0.2, -0.15) is 0 Å². The van der Waals surface area contributed by atoms with Gasteiger partial charge >= 0.3 is 0 Å². The van der Waals surface area contributed by atoms with E-state index in [9.17, 15) is 5.11 Å². The monoisotopic (exact) mass is 273 g/mol. The molecular formula is C11H16BrNO2. The van der Waals surface area contributed by atoms with Crippen LogP contribution in [0.2, 0.25) is 0 Å². The van der Waals surface area contributed by atoms with Crippen molar-refractivity contribution in [2.24, 2.45) is 5.73 Å². The molecule has 15 heavy (non-hydrogen) atoms. The molecule has 1 unspecified atom stereocenters. The zero-order valence-corrected chi connectivity index (χ0v) is 10.8. The van der Waals surface area contributed by atoms with Gasteiger partial charge in [-0.15, -0.1) is 0 Å². The molecule has 0 aliphatic heterocycles. The van der Waals surface area contributed by atoms with E-state index >= 15 is 0 Å². The van der Waals surface area contributed by atoms with Crippen LogP contribution >= 0.6 is 15.9 Å². The van der Waals surface area contributed by atoms with E-state index < -0.39 is 6.10 Å². The predicted octanol–water partition coefficient (Wildman–Crippen LogP) is 2.07. The molecule has 1 atom stereocenters. The van der Waals surface area contributed by atoms with E-state index in [1.165, 1.54) is 0 Å². The highest BCUT2D eigenvalue weighted by molar-refractivity contribution is 9.10. The Bertz CT molecular complexity index is 366. The van der Waals surface area contributed by atoms with Crippen LogP contribution in [0.15, 0.2) is 10.5 Å². The van der Waals surface area contributed by atoms with Gasteiger partial charge in [0.1, 0.15) is 5.75 Å². The first-order valence-electron chi connectivity index (χ1n) is 4.74. The molecule has 1 rings (SSSR count). The van der Waals surface area contributed by atoms with Crippen molar-refractivity contribution >= 4 is 15.9 Å². The number of halogens is 1. The van der Waals surface area contributed by atoms with Crippen LogP contribution in [0.1, 0.15) is 22.8 Å². The summed E-state index contributed by atoms with van der Waals surface area (Å²) in [7, 11) is 1.63. The summed E-state index contributed by atoms with van der Waals surface area (Å²) in [6.45, 7) is 4.09. The van der Waals surface area contributed by atoms with Crippen LogP contribution in [0.5, 0.6) is 5.75 Å². The molecule has 0 radical (unpaired) electrons. The Labute approximate surface area is 98.4 Å². The molecule has 0 amide bonds. The second-order valence-corrected chi connectivity index (χ2v) is 4.30. The number of nitrogens with two attached hydrogens (primary N) is 1. The standard InChI is InChI=1S/C11H16BrNO2/c1-6-4-8(9(14)5-13)7(2)10(12)11(6)15-3/h4,9,14H,5,13H2,1-3H3. The largest absolute Gasteiger partial charge is 0.495 e. The third-order valence-electron chi connectivity index (χ3n) is 2.48. The van der Waals surface area contributed by atoms with E-state index in [0.29, 0.717) is 0 Å². The minimum absolute atomic E-state index is 0.221. The first-order chi connectivity index (χ1) is 7.02. The van der Waals surface area contributed by atoms with Crippen LogP contribution in [-0.4, -0.2) is 18.8 Å². The van der Waals surface area contributed by atoms with Crippen molar-refractivity contribution in [3.8, 4) is 5.75 Å². The van der Waals surface area contributed by atoms with Crippen molar-refractivity contribution < 1.29 is 9.84 Å². The molecule has 1 aromatic carbocycles. The summed E-state index contributed by atoms with van der Waals surface area (Å²) in [6, 6.07) is 1.91. The summed E-state index contributed by atoms with van der Waals surface area (Å²) < 4.78 is 6.15. The van der Waals surface area contributed by atoms with Gasteiger partial charge in [0.05, 0.1) is 17.7 Å². The zero-order chi connectivity index (χ0) is 11.6. The maximum absolute atomic E-state index is 9.74. The normalized spacial score (nSPS) is 12.7. The van der Waals surface area contributed by atoms with E-state index in [4.69, 9.17) is 10.5 Å². The summed E-state index contributed by atoms with van der Waals surface area (Å²) in [5.74, 6) is 0.806. The summed E-state index contributed by atoms with van der Waals surface area (Å²) >= 11 is 3.46. The van der Waals surface area contributed by atoms with Crippen molar-refractivity contribution in [1.29, 1.82) is 0 Å². The van der Waals surface area contributed by atoms with Crippen LogP contribution < -0.4 is 10.5 Å². The van der Waals surface area contributed by atoms with Gasteiger partial charge in [-0.3, -0.25) is 0 Å². The van der Waals surface area contributed by atoms with Gasteiger partial charge in [-0.1, -0.05) is 0 Å². The molecule has 4 heteroatoms. The van der Waals surface area contributed by atoms with Gasteiger partial charge in [0.2, 0.25) is 0 Å². The predicted molar refractivity (Wildman–Crippen MR) is 64.2 cm³/mol. The number of hydrogen-bond acceptors (Lipinski definition) is 3. The summed E-state index contributed by atoms with van der Waals surface area (Å²) in [4.78, 5) is 0. The minimum atomic E-state index is -0.620. The van der Waals surface area contributed by atoms with E-state index in [1.54, 1.807) is 7.11 Å². The molecule has 0 bridgehead atoms. The zero-order valence-electron chi connectivity index (χ0n) is 9.17. The van der Waals surface area contributed by atoms with Crippen molar-refractivity contribution in [3.05, 3.63) is 27.2 Å². The highest BCUT2D eigenvalue weighted by Crippen LogP contribution is 2.35. The molecule has 0 spiro atoms. The lowest BCUT2D eigenvalue weighted by Crippen LogP contribution is -2.13. The van der Waals surface area contributed by atoms with Crippen LogP contribution in [0, 0.1) is 13.8 Å². The molecule has 0 saturated heterocycles. The lowest BCUT2D eigenvalue weighted by atomic mass is 10.00. The molecule has 0 saturated carbocycles. The van der Waals surface area contributed by atoms with Gasteiger partial charge in [-0.05, 0) is 52.5 Å². The molecule has 0 heterocycles. The lowest BCUT2D eigenvalue weighted by Gasteiger charge is -2.17. The maximum atomic E-state index is 9.74. The second kappa shape index (κ2) is 4.96. The summed E-state index contributed by atoms with van der Waals surface area (Å²) in [5.41, 5.74) is 8.25. The van der Waals surface area contributed by atoms with E-state index in [2.05, 4.69) is 15.9 Å². The van der Waals surface area contributed by atoms with Crippen LogP contribution in [0.25, 0.3) is 0 Å². The molecule has 1 aromatic rings. The molecule has 0 fully saturated rings. The smallest absolute Gasteiger partial charge is 0.136 e. The fourth-order valence-electron chi connectivity index (χ4n) is 1.60. The highest BCUT2D eigenvalue weighted by Gasteiger charge is 2.16. The van der Waals surface area contributed by atoms with Gasteiger partial charge in [0.25, 0.3) is 0 Å². The minimum Gasteiger partial charge on any atom is -0.495 e. The molecule has 84 valence electrons. The number of aliphatic hydroxyl groups excluding tert-OH is 1. The number of rotatable bonds is 3. The molecule has 0 aliphatic carbocycles. The van der Waals surface area contributed by atoms with E-state index in [0.717, 1.165) is 26.9 Å². The van der Waals surface area contributed by atoms with Crippen molar-refractivity contribution in [3.63, 3.8) is 0 Å². The summed E-state index contributed by atoms with van der Waals surface area (Å²) in [6.07, 6.45) is -0.620. The molecule has 3 nitrogen and oxygen atoms in total. The average Bonchev–Trinajstić information content (AvgIpc) is 2.23. The Kier molecular flexibility index (Phi) is 4.13. The fourth-order valence-corrected chi connectivity index (χ4v) is 2.30. The first-order valence-corrected chi connectivity index (χ1v) is 5.54. The fraction of sp³-hybridized carbons (Fsp3) is 0.455. The van der Waals surface area contributed by atoms with Gasteiger partial charge in [0, 0.05) is 6.54 Å². The molecule has 0 aliphatic rings.